The van der Waals surface area contributed by atoms with E-state index in [2.05, 4.69) is 6.07 Å². The summed E-state index contributed by atoms with van der Waals surface area (Å²) >= 11 is 0. The predicted molar refractivity (Wildman–Crippen MR) is 49.3 cm³/mol. The highest BCUT2D eigenvalue weighted by Gasteiger charge is 2.37. The lowest BCUT2D eigenvalue weighted by atomic mass is 9.94. The third-order valence-electron chi connectivity index (χ3n) is 2.48. The van der Waals surface area contributed by atoms with Gasteiger partial charge in [0.05, 0.1) is 6.07 Å². The normalized spacial score (nSPS) is 22.9. The summed E-state index contributed by atoms with van der Waals surface area (Å²) < 4.78 is 28.1. The predicted octanol–water partition coefficient (Wildman–Crippen LogP) is -0.806. The molecule has 0 atom stereocenters. The molecule has 6 nitrogen and oxygen atoms in total. The van der Waals surface area contributed by atoms with Gasteiger partial charge in [-0.2, -0.15) is 18.0 Å². The Hall–Kier alpha value is -0.680. The zero-order valence-electron chi connectivity index (χ0n) is 7.93. The van der Waals surface area contributed by atoms with Gasteiger partial charge in [0.1, 0.15) is 0 Å². The zero-order chi connectivity index (χ0) is 10.8. The Morgan fingerprint density at radius 2 is 2.00 bits per heavy atom. The molecule has 0 aromatic heterocycles. The molecular formula is C7H13N3O3S. The maximum Gasteiger partial charge on any atom is 0.276 e. The molecular weight excluding hydrogens is 206 g/mol. The van der Waals surface area contributed by atoms with E-state index in [1.54, 1.807) is 0 Å². The Kier molecular flexibility index (Phi) is 3.11. The van der Waals surface area contributed by atoms with E-state index in [0.717, 1.165) is 4.31 Å². The first kappa shape index (κ1) is 11.4. The van der Waals surface area contributed by atoms with Gasteiger partial charge < -0.3 is 4.74 Å². The highest BCUT2D eigenvalue weighted by Crippen LogP contribution is 2.25. The van der Waals surface area contributed by atoms with Crippen LogP contribution in [0.2, 0.25) is 0 Å². The first-order chi connectivity index (χ1) is 6.43. The van der Waals surface area contributed by atoms with Crippen molar-refractivity contribution in [2.24, 2.45) is 5.14 Å². The average Bonchev–Trinajstić information content (AvgIpc) is 2.16. The summed E-state index contributed by atoms with van der Waals surface area (Å²) in [6, 6.07) is 2.05. The van der Waals surface area contributed by atoms with Crippen molar-refractivity contribution in [1.29, 1.82) is 5.26 Å². The fourth-order valence-corrected chi connectivity index (χ4v) is 2.15. The van der Waals surface area contributed by atoms with Crippen molar-refractivity contribution < 1.29 is 13.2 Å². The molecule has 0 saturated carbocycles. The van der Waals surface area contributed by atoms with Crippen LogP contribution in [-0.2, 0) is 14.9 Å². The molecule has 80 valence electrons. The molecule has 2 N–H and O–H groups in total. The first-order valence-electron chi connectivity index (χ1n) is 4.18. The lowest BCUT2D eigenvalue weighted by Crippen LogP contribution is -2.48. The van der Waals surface area contributed by atoms with Crippen molar-refractivity contribution in [3.63, 3.8) is 0 Å². The summed E-state index contributed by atoms with van der Waals surface area (Å²) in [5.74, 6) is 0. The van der Waals surface area contributed by atoms with Crippen LogP contribution in [0.1, 0.15) is 12.8 Å². The molecule has 1 rings (SSSR count). The molecule has 0 aromatic rings. The lowest BCUT2D eigenvalue weighted by molar-refractivity contribution is 0.000734. The van der Waals surface area contributed by atoms with Gasteiger partial charge in [-0.3, -0.25) is 0 Å². The van der Waals surface area contributed by atoms with E-state index in [4.69, 9.17) is 15.1 Å². The molecule has 1 aliphatic rings. The molecule has 7 heteroatoms. The van der Waals surface area contributed by atoms with Gasteiger partial charge in [-0.25, -0.2) is 5.14 Å². The van der Waals surface area contributed by atoms with Crippen LogP contribution < -0.4 is 5.14 Å². The number of nitriles is 1. The van der Waals surface area contributed by atoms with Crippen molar-refractivity contribution in [3.8, 4) is 6.07 Å². The molecule has 0 radical (unpaired) electrons. The van der Waals surface area contributed by atoms with Gasteiger partial charge >= 0.3 is 0 Å². The van der Waals surface area contributed by atoms with Crippen LogP contribution in [0.4, 0.5) is 0 Å². The lowest BCUT2D eigenvalue weighted by Gasteiger charge is -2.34. The van der Waals surface area contributed by atoms with Crippen molar-refractivity contribution in [2.75, 3.05) is 20.2 Å². The van der Waals surface area contributed by atoms with E-state index in [1.807, 2.05) is 0 Å². The van der Waals surface area contributed by atoms with Gasteiger partial charge in [-0.05, 0) is 0 Å². The standard InChI is InChI=1S/C7H13N3O3S/c1-13-7(6-8)2-4-10(5-3-7)14(9,11)12/h2-5H2,1H3,(H2,9,11,12). The Bertz CT molecular complexity index is 338. The summed E-state index contributed by atoms with van der Waals surface area (Å²) in [5.41, 5.74) is -0.846. The largest absolute Gasteiger partial charge is 0.363 e. The maximum absolute atomic E-state index is 11.0. The second kappa shape index (κ2) is 3.82. The third-order valence-corrected chi connectivity index (χ3v) is 3.57. The van der Waals surface area contributed by atoms with E-state index in [1.165, 1.54) is 7.11 Å². The van der Waals surface area contributed by atoms with Crippen LogP contribution in [0.15, 0.2) is 0 Å². The van der Waals surface area contributed by atoms with Gasteiger partial charge in [-0.15, -0.1) is 0 Å². The molecule has 1 saturated heterocycles. The summed E-state index contributed by atoms with van der Waals surface area (Å²) in [7, 11) is -2.17. The zero-order valence-corrected chi connectivity index (χ0v) is 8.75. The number of piperidine rings is 1. The molecule has 0 aliphatic carbocycles. The molecule has 0 spiro atoms. The van der Waals surface area contributed by atoms with Crippen molar-refractivity contribution >= 4 is 10.2 Å². The number of rotatable bonds is 2. The SMILES string of the molecule is COC1(C#N)CCN(S(N)(=O)=O)CC1. The summed E-state index contributed by atoms with van der Waals surface area (Å²) in [5, 5.41) is 13.8. The van der Waals surface area contributed by atoms with E-state index >= 15 is 0 Å². The number of methoxy groups -OCH3 is 1. The molecule has 0 bridgehead atoms. The van der Waals surface area contributed by atoms with Crippen molar-refractivity contribution in [3.05, 3.63) is 0 Å². The van der Waals surface area contributed by atoms with Crippen LogP contribution >= 0.6 is 0 Å². The number of nitrogens with zero attached hydrogens (tertiary/aromatic N) is 2. The molecule has 0 amide bonds. The molecule has 0 unspecified atom stereocenters. The summed E-state index contributed by atoms with van der Waals surface area (Å²) in [4.78, 5) is 0. The van der Waals surface area contributed by atoms with E-state index in [0.29, 0.717) is 12.8 Å². The second-order valence-corrected chi connectivity index (χ2v) is 4.80. The number of hydrogen-bond donors (Lipinski definition) is 1. The minimum Gasteiger partial charge on any atom is -0.363 e. The Morgan fingerprint density at radius 1 is 1.50 bits per heavy atom. The monoisotopic (exact) mass is 219 g/mol. The van der Waals surface area contributed by atoms with Gasteiger partial charge in [0, 0.05) is 33.0 Å². The van der Waals surface area contributed by atoms with Crippen LogP contribution in [0, 0.1) is 11.3 Å². The van der Waals surface area contributed by atoms with Crippen LogP contribution in [0.25, 0.3) is 0 Å². The van der Waals surface area contributed by atoms with Gasteiger partial charge in [0.25, 0.3) is 10.2 Å². The van der Waals surface area contributed by atoms with Crippen LogP contribution in [0.3, 0.4) is 0 Å². The molecule has 1 fully saturated rings. The molecule has 14 heavy (non-hydrogen) atoms. The topological polar surface area (TPSA) is 96.4 Å². The minimum absolute atomic E-state index is 0.236. The highest BCUT2D eigenvalue weighted by atomic mass is 32.2. The molecule has 1 aliphatic heterocycles. The van der Waals surface area contributed by atoms with Crippen LogP contribution in [-0.4, -0.2) is 38.5 Å². The third kappa shape index (κ3) is 2.22. The Balaban J connectivity index is 2.68. The quantitative estimate of drug-likeness (QED) is 0.657. The summed E-state index contributed by atoms with van der Waals surface area (Å²) in [6.45, 7) is 0.473. The molecule has 1 heterocycles. The molecule has 0 aromatic carbocycles. The van der Waals surface area contributed by atoms with E-state index < -0.39 is 15.8 Å². The Morgan fingerprint density at radius 3 is 2.29 bits per heavy atom. The smallest absolute Gasteiger partial charge is 0.276 e. The van der Waals surface area contributed by atoms with Crippen molar-refractivity contribution in [1.82, 2.24) is 4.31 Å². The van der Waals surface area contributed by atoms with Gasteiger partial charge in [0.15, 0.2) is 5.60 Å². The fourth-order valence-electron chi connectivity index (χ4n) is 1.46. The summed E-state index contributed by atoms with van der Waals surface area (Å²) in [6.07, 6.45) is 0.715. The van der Waals surface area contributed by atoms with E-state index in [-0.39, 0.29) is 13.1 Å². The highest BCUT2D eigenvalue weighted by molar-refractivity contribution is 7.86. The fraction of sp³-hybridized carbons (Fsp3) is 0.857. The minimum atomic E-state index is -3.62. The Labute approximate surface area is 83.4 Å². The number of ether oxygens (including phenoxy) is 1. The van der Waals surface area contributed by atoms with Crippen molar-refractivity contribution in [2.45, 2.75) is 18.4 Å². The maximum atomic E-state index is 11.0. The second-order valence-electron chi connectivity index (χ2n) is 3.25. The van der Waals surface area contributed by atoms with Gasteiger partial charge in [-0.1, -0.05) is 0 Å². The first-order valence-corrected chi connectivity index (χ1v) is 5.68. The average molecular weight is 219 g/mol. The van der Waals surface area contributed by atoms with Crippen LogP contribution in [0.5, 0.6) is 0 Å². The van der Waals surface area contributed by atoms with E-state index in [9.17, 15) is 8.42 Å². The number of nitrogens with two attached hydrogens (primary N) is 1. The number of hydrogen-bond acceptors (Lipinski definition) is 4. The van der Waals surface area contributed by atoms with Gasteiger partial charge in [0.2, 0.25) is 0 Å².